The Labute approximate surface area is 105 Å². The average molecular weight is 238 g/mol. The molecule has 1 N–H and O–H groups in total. The predicted octanol–water partition coefficient (Wildman–Crippen LogP) is 2.58. The maximum Gasteiger partial charge on any atom is 0.148 e. The highest BCUT2D eigenvalue weighted by Gasteiger charge is 2.02. The molecule has 0 atom stereocenters. The molecule has 18 heavy (non-hydrogen) atoms. The Bertz CT molecular complexity index is 667. The van der Waals surface area contributed by atoms with Gasteiger partial charge in [0.2, 0.25) is 0 Å². The molecule has 3 rings (SSSR count). The van der Waals surface area contributed by atoms with E-state index in [1.165, 1.54) is 10.9 Å². The summed E-state index contributed by atoms with van der Waals surface area (Å²) in [6, 6.07) is 12.2. The molecular weight excluding hydrogens is 224 g/mol. The van der Waals surface area contributed by atoms with Gasteiger partial charge in [-0.25, -0.2) is 0 Å². The maximum atomic E-state index is 4.35. The number of para-hydroxylation sites is 1. The van der Waals surface area contributed by atoms with Gasteiger partial charge in [0.15, 0.2) is 0 Å². The lowest BCUT2D eigenvalue weighted by atomic mass is 10.1. The molecule has 0 aliphatic rings. The second-order valence-corrected chi connectivity index (χ2v) is 4.22. The van der Waals surface area contributed by atoms with E-state index in [0.717, 1.165) is 17.9 Å². The molecule has 0 unspecified atom stereocenters. The third-order valence-electron chi connectivity index (χ3n) is 2.91. The zero-order valence-corrected chi connectivity index (χ0v) is 10.2. The maximum absolute atomic E-state index is 4.35. The first-order chi connectivity index (χ1) is 8.83. The highest BCUT2D eigenvalue weighted by atomic mass is 15.3. The van der Waals surface area contributed by atoms with E-state index in [9.17, 15) is 0 Å². The van der Waals surface area contributed by atoms with E-state index in [0.29, 0.717) is 0 Å². The number of aryl methyl sites for hydroxylation is 1. The third kappa shape index (κ3) is 2.05. The van der Waals surface area contributed by atoms with Gasteiger partial charge in [-0.05, 0) is 17.7 Å². The van der Waals surface area contributed by atoms with Crippen LogP contribution in [0.25, 0.3) is 10.9 Å². The summed E-state index contributed by atoms with van der Waals surface area (Å²) in [6.07, 6.45) is 3.77. The van der Waals surface area contributed by atoms with Crippen LogP contribution in [-0.4, -0.2) is 14.8 Å². The van der Waals surface area contributed by atoms with E-state index in [-0.39, 0.29) is 0 Å². The first kappa shape index (κ1) is 10.8. The molecule has 0 aliphatic heterocycles. The van der Waals surface area contributed by atoms with Gasteiger partial charge in [0.1, 0.15) is 5.82 Å². The molecule has 0 spiro atoms. The SMILES string of the molecule is Cn1ccc(NCc2ccnc3ccccc23)n1. The number of benzene rings is 1. The molecule has 2 aromatic heterocycles. The van der Waals surface area contributed by atoms with Crippen LogP contribution in [0.1, 0.15) is 5.56 Å². The number of pyridine rings is 1. The minimum absolute atomic E-state index is 0.750. The van der Waals surface area contributed by atoms with Crippen LogP contribution < -0.4 is 5.32 Å². The van der Waals surface area contributed by atoms with Crippen LogP contribution >= 0.6 is 0 Å². The Morgan fingerprint density at radius 2 is 2.06 bits per heavy atom. The lowest BCUT2D eigenvalue weighted by Gasteiger charge is -2.06. The van der Waals surface area contributed by atoms with Crippen LogP contribution in [0.5, 0.6) is 0 Å². The van der Waals surface area contributed by atoms with Gasteiger partial charge in [-0.2, -0.15) is 5.10 Å². The summed E-state index contributed by atoms with van der Waals surface area (Å²) in [7, 11) is 1.91. The van der Waals surface area contributed by atoms with Crippen molar-refractivity contribution in [1.29, 1.82) is 0 Å². The fraction of sp³-hybridized carbons (Fsp3) is 0.143. The summed E-state index contributed by atoms with van der Waals surface area (Å²) in [4.78, 5) is 4.35. The second-order valence-electron chi connectivity index (χ2n) is 4.22. The van der Waals surface area contributed by atoms with Crippen molar-refractivity contribution in [3.8, 4) is 0 Å². The summed E-state index contributed by atoms with van der Waals surface area (Å²) >= 11 is 0. The van der Waals surface area contributed by atoms with E-state index in [1.807, 2.05) is 49.8 Å². The largest absolute Gasteiger partial charge is 0.364 e. The standard InChI is InChI=1S/C14H14N4/c1-18-9-7-14(17-18)16-10-11-6-8-15-13-5-3-2-4-12(11)13/h2-9H,10H2,1H3,(H,16,17). The second kappa shape index (κ2) is 4.49. The van der Waals surface area contributed by atoms with Gasteiger partial charge in [-0.1, -0.05) is 18.2 Å². The Kier molecular flexibility index (Phi) is 2.68. The molecule has 3 aromatic rings. The average Bonchev–Trinajstić information content (AvgIpc) is 2.82. The zero-order valence-electron chi connectivity index (χ0n) is 10.2. The third-order valence-corrected chi connectivity index (χ3v) is 2.91. The lowest BCUT2D eigenvalue weighted by molar-refractivity contribution is 0.768. The fourth-order valence-corrected chi connectivity index (χ4v) is 2.00. The molecule has 0 saturated carbocycles. The molecule has 0 bridgehead atoms. The summed E-state index contributed by atoms with van der Waals surface area (Å²) < 4.78 is 1.78. The zero-order chi connectivity index (χ0) is 12.4. The molecule has 1 aromatic carbocycles. The summed E-state index contributed by atoms with van der Waals surface area (Å²) in [5.41, 5.74) is 2.25. The smallest absolute Gasteiger partial charge is 0.148 e. The predicted molar refractivity (Wildman–Crippen MR) is 72.3 cm³/mol. The summed E-state index contributed by atoms with van der Waals surface area (Å²) in [5, 5.41) is 8.79. The monoisotopic (exact) mass is 238 g/mol. The van der Waals surface area contributed by atoms with E-state index < -0.39 is 0 Å². The number of nitrogens with one attached hydrogen (secondary N) is 1. The van der Waals surface area contributed by atoms with Crippen LogP contribution in [0.2, 0.25) is 0 Å². The number of anilines is 1. The molecule has 0 radical (unpaired) electrons. The van der Waals surface area contributed by atoms with Crippen molar-refractivity contribution in [3.63, 3.8) is 0 Å². The fourth-order valence-electron chi connectivity index (χ4n) is 2.00. The molecular formula is C14H14N4. The highest BCUT2D eigenvalue weighted by molar-refractivity contribution is 5.82. The molecule has 0 amide bonds. The number of nitrogens with zero attached hydrogens (tertiary/aromatic N) is 3. The van der Waals surface area contributed by atoms with Gasteiger partial charge in [0.25, 0.3) is 0 Å². The molecule has 90 valence electrons. The van der Waals surface area contributed by atoms with Gasteiger partial charge in [-0.15, -0.1) is 0 Å². The number of hydrogen-bond acceptors (Lipinski definition) is 3. The summed E-state index contributed by atoms with van der Waals surface area (Å²) in [6.45, 7) is 0.750. The van der Waals surface area contributed by atoms with Crippen molar-refractivity contribution >= 4 is 16.7 Å². The van der Waals surface area contributed by atoms with Crippen molar-refractivity contribution < 1.29 is 0 Å². The number of hydrogen-bond donors (Lipinski definition) is 1. The Morgan fingerprint density at radius 3 is 2.89 bits per heavy atom. The Balaban J connectivity index is 1.86. The van der Waals surface area contributed by atoms with Crippen LogP contribution in [0.3, 0.4) is 0 Å². The lowest BCUT2D eigenvalue weighted by Crippen LogP contribution is -2.01. The van der Waals surface area contributed by atoms with Crippen molar-refractivity contribution in [2.75, 3.05) is 5.32 Å². The molecule has 4 heteroatoms. The van der Waals surface area contributed by atoms with E-state index >= 15 is 0 Å². The minimum atomic E-state index is 0.750. The topological polar surface area (TPSA) is 42.7 Å². The van der Waals surface area contributed by atoms with E-state index in [1.54, 1.807) is 4.68 Å². The van der Waals surface area contributed by atoms with Crippen molar-refractivity contribution in [2.24, 2.45) is 7.05 Å². The molecule has 4 nitrogen and oxygen atoms in total. The van der Waals surface area contributed by atoms with Gasteiger partial charge in [-0.3, -0.25) is 9.67 Å². The molecule has 0 fully saturated rings. The van der Waals surface area contributed by atoms with Gasteiger partial charge >= 0.3 is 0 Å². The van der Waals surface area contributed by atoms with Gasteiger partial charge in [0.05, 0.1) is 5.52 Å². The first-order valence-electron chi connectivity index (χ1n) is 5.89. The van der Waals surface area contributed by atoms with E-state index in [4.69, 9.17) is 0 Å². The van der Waals surface area contributed by atoms with Crippen LogP contribution in [0.4, 0.5) is 5.82 Å². The molecule has 0 saturated heterocycles. The quantitative estimate of drug-likeness (QED) is 0.762. The normalized spacial score (nSPS) is 10.7. The first-order valence-corrected chi connectivity index (χ1v) is 5.89. The van der Waals surface area contributed by atoms with Crippen LogP contribution in [0, 0.1) is 0 Å². The number of rotatable bonds is 3. The van der Waals surface area contributed by atoms with Crippen LogP contribution in [0.15, 0.2) is 48.8 Å². The van der Waals surface area contributed by atoms with Crippen molar-refractivity contribution in [3.05, 3.63) is 54.4 Å². The highest BCUT2D eigenvalue weighted by Crippen LogP contribution is 2.17. The van der Waals surface area contributed by atoms with Crippen molar-refractivity contribution in [1.82, 2.24) is 14.8 Å². The van der Waals surface area contributed by atoms with E-state index in [2.05, 4.69) is 21.5 Å². The number of fused-ring (bicyclic) bond motifs is 1. The molecule has 2 heterocycles. The summed E-state index contributed by atoms with van der Waals surface area (Å²) in [5.74, 6) is 0.887. The minimum Gasteiger partial charge on any atom is -0.364 e. The van der Waals surface area contributed by atoms with Gasteiger partial charge < -0.3 is 5.32 Å². The molecule has 0 aliphatic carbocycles. The van der Waals surface area contributed by atoms with Crippen molar-refractivity contribution in [2.45, 2.75) is 6.54 Å². The van der Waals surface area contributed by atoms with Gasteiger partial charge in [0, 0.05) is 37.4 Å². The number of aromatic nitrogens is 3. The Hall–Kier alpha value is -2.36. The Morgan fingerprint density at radius 1 is 1.17 bits per heavy atom. The van der Waals surface area contributed by atoms with Crippen LogP contribution in [-0.2, 0) is 13.6 Å².